The molecule has 304 valence electrons. The third kappa shape index (κ3) is 10.1. The molecule has 0 saturated heterocycles. The molecule has 0 amide bonds. The topological polar surface area (TPSA) is 166 Å². The summed E-state index contributed by atoms with van der Waals surface area (Å²) in [5.74, 6) is -4.39. The van der Waals surface area contributed by atoms with Crippen molar-refractivity contribution in [3.63, 3.8) is 0 Å². The maximum absolute atomic E-state index is 13.8. The summed E-state index contributed by atoms with van der Waals surface area (Å²) >= 11 is 0. The molecule has 0 saturated carbocycles. The maximum Gasteiger partial charge on any atom is 0.339 e. The van der Waals surface area contributed by atoms with Crippen molar-refractivity contribution < 1.29 is 59.9 Å². The summed E-state index contributed by atoms with van der Waals surface area (Å²) in [6, 6.07) is 22.2. The molecule has 13 nitrogen and oxygen atoms in total. The van der Waals surface area contributed by atoms with E-state index in [2.05, 4.69) is 29.8 Å². The normalized spacial score (nSPS) is 10.8. The fraction of sp³-hybridized carbons (Fsp3) is 0.0930. The van der Waals surface area contributed by atoms with Crippen molar-refractivity contribution in [2.75, 3.05) is 14.2 Å². The summed E-state index contributed by atoms with van der Waals surface area (Å²) in [5.41, 5.74) is 3.24. The van der Waals surface area contributed by atoms with Gasteiger partial charge in [0.1, 0.15) is 24.6 Å². The van der Waals surface area contributed by atoms with Crippen molar-refractivity contribution in [2.45, 2.75) is 13.2 Å². The van der Waals surface area contributed by atoms with Crippen LogP contribution in [0.2, 0.25) is 0 Å². The fourth-order valence-electron chi connectivity index (χ4n) is 5.32. The smallest absolute Gasteiger partial charge is 0.339 e. The van der Waals surface area contributed by atoms with Gasteiger partial charge in [-0.25, -0.2) is 37.1 Å². The van der Waals surface area contributed by atoms with Gasteiger partial charge in [0, 0.05) is 35.7 Å². The molecule has 0 aliphatic carbocycles. The van der Waals surface area contributed by atoms with Crippen LogP contribution in [0.15, 0.2) is 112 Å². The molecule has 7 aromatic rings. The van der Waals surface area contributed by atoms with E-state index < -0.39 is 35.2 Å². The lowest BCUT2D eigenvalue weighted by atomic mass is 10.1. The Kier molecular flexibility index (Phi) is 13.5. The first-order valence-corrected chi connectivity index (χ1v) is 17.5. The van der Waals surface area contributed by atoms with E-state index >= 15 is 0 Å². The minimum absolute atomic E-state index is 0.0170. The first-order chi connectivity index (χ1) is 29.1. The molecule has 0 aliphatic heterocycles. The largest absolute Gasteiger partial charge is 0.473 e. The molecule has 0 bridgehead atoms. The summed E-state index contributed by atoms with van der Waals surface area (Å²) < 4.78 is 84.7. The van der Waals surface area contributed by atoms with Crippen LogP contribution in [0.4, 0.5) is 17.6 Å². The van der Waals surface area contributed by atoms with Gasteiger partial charge in [0.15, 0.2) is 35.3 Å². The first kappa shape index (κ1) is 41.7. The molecular formula is C43H30F4N4O9. The van der Waals surface area contributed by atoms with Gasteiger partial charge in [-0.1, -0.05) is 46.7 Å². The van der Waals surface area contributed by atoms with E-state index in [1.54, 1.807) is 6.08 Å². The molecule has 0 unspecified atom stereocenters. The highest BCUT2D eigenvalue weighted by Crippen LogP contribution is 2.30. The lowest BCUT2D eigenvalue weighted by Crippen LogP contribution is -2.04. The van der Waals surface area contributed by atoms with Crippen LogP contribution in [0.3, 0.4) is 0 Å². The van der Waals surface area contributed by atoms with Gasteiger partial charge in [-0.05, 0) is 60.2 Å². The highest BCUT2D eigenvalue weighted by atomic mass is 19.2. The van der Waals surface area contributed by atoms with Gasteiger partial charge < -0.3 is 28.0 Å². The lowest BCUT2D eigenvalue weighted by Gasteiger charge is -2.07. The number of carbonyl (C=O) groups is 3. The Morgan fingerprint density at radius 2 is 1.08 bits per heavy atom. The number of aldehydes is 1. The second kappa shape index (κ2) is 19.5. The zero-order chi connectivity index (χ0) is 42.6. The predicted molar refractivity (Wildman–Crippen MR) is 204 cm³/mol. The van der Waals surface area contributed by atoms with E-state index in [0.717, 1.165) is 29.8 Å². The Morgan fingerprint density at radius 3 is 1.52 bits per heavy atom. The molecule has 60 heavy (non-hydrogen) atoms. The van der Waals surface area contributed by atoms with Gasteiger partial charge in [0.2, 0.25) is 17.5 Å². The number of methoxy groups -OCH3 is 2. The average Bonchev–Trinajstić information content (AvgIpc) is 3.90. The van der Waals surface area contributed by atoms with Crippen molar-refractivity contribution in [3.05, 3.63) is 166 Å². The van der Waals surface area contributed by atoms with Gasteiger partial charge in [-0.2, -0.15) is 0 Å². The van der Waals surface area contributed by atoms with Crippen LogP contribution in [-0.2, 0) is 22.7 Å². The molecule has 17 heteroatoms. The number of halogens is 4. The molecule has 4 heterocycles. The number of hydrogen-bond acceptors (Lipinski definition) is 13. The summed E-state index contributed by atoms with van der Waals surface area (Å²) in [7, 11) is 2.53. The quantitative estimate of drug-likeness (QED) is 0.0616. The van der Waals surface area contributed by atoms with Gasteiger partial charge in [0.25, 0.3) is 0 Å². The van der Waals surface area contributed by atoms with E-state index in [4.69, 9.17) is 18.5 Å². The molecule has 0 radical (unpaired) electrons. The number of pyridine rings is 2. The first-order valence-electron chi connectivity index (χ1n) is 17.5. The van der Waals surface area contributed by atoms with E-state index in [1.807, 2.05) is 36.4 Å². The number of carbonyl (C=O) groups excluding carboxylic acids is 3. The van der Waals surface area contributed by atoms with Gasteiger partial charge in [0.05, 0.1) is 36.5 Å². The van der Waals surface area contributed by atoms with Crippen LogP contribution < -0.4 is 9.47 Å². The Labute approximate surface area is 337 Å². The second-order valence-electron chi connectivity index (χ2n) is 12.2. The van der Waals surface area contributed by atoms with Crippen molar-refractivity contribution in [3.8, 4) is 34.3 Å². The molecule has 0 atom stereocenters. The Bertz CT molecular complexity index is 2630. The zero-order valence-electron chi connectivity index (χ0n) is 31.4. The standard InChI is InChI=1S/C25H18F2N2O4.C18H12F2N2O5/c1-31-25(30)18-9-12-23(28-14-18)32-15-19-22(11-7-16-5-3-2-4-6-16)33-29-24(19)17-8-10-20(26)21(27)13-17;1-25-18(24)11-3-5-16(21-7-11)26-9-12-15(8-23)27-22-17(12)10-2-4-13(19)14(20)6-10/h2-14H,15H2,1H3;2-8H,9H2,1H3. The Balaban J connectivity index is 0.000000205. The summed E-state index contributed by atoms with van der Waals surface area (Å²) in [5, 5.41) is 7.78. The number of aromatic nitrogens is 4. The minimum atomic E-state index is -1.06. The summed E-state index contributed by atoms with van der Waals surface area (Å²) in [6.07, 6.45) is 6.59. The second-order valence-corrected chi connectivity index (χ2v) is 12.2. The SMILES string of the molecule is COC(=O)c1ccc(OCc2c(-c3ccc(F)c(F)c3)noc2C=Cc2ccccc2)nc1.COC(=O)c1ccc(OCc2c(-c3ccc(F)c(F)c3)noc2C=O)nc1. The van der Waals surface area contributed by atoms with Crippen molar-refractivity contribution >= 4 is 30.4 Å². The lowest BCUT2D eigenvalue weighted by molar-refractivity contribution is 0.0591. The molecule has 3 aromatic carbocycles. The molecule has 0 fully saturated rings. The van der Waals surface area contributed by atoms with Crippen LogP contribution in [-0.4, -0.2) is 52.7 Å². The van der Waals surface area contributed by atoms with Gasteiger partial charge in [-0.3, -0.25) is 4.79 Å². The fourth-order valence-corrected chi connectivity index (χ4v) is 5.32. The number of ether oxygens (including phenoxy) is 4. The predicted octanol–water partition coefficient (Wildman–Crippen LogP) is 8.74. The summed E-state index contributed by atoms with van der Waals surface area (Å²) in [4.78, 5) is 42.2. The van der Waals surface area contributed by atoms with Crippen LogP contribution in [0, 0.1) is 23.3 Å². The van der Waals surface area contributed by atoms with Gasteiger partial charge in [-0.15, -0.1) is 0 Å². The molecule has 0 spiro atoms. The van der Waals surface area contributed by atoms with Crippen LogP contribution in [0.5, 0.6) is 11.8 Å². The van der Waals surface area contributed by atoms with E-state index in [-0.39, 0.29) is 58.7 Å². The van der Waals surface area contributed by atoms with Gasteiger partial charge >= 0.3 is 11.9 Å². The monoisotopic (exact) mass is 822 g/mol. The third-order valence-electron chi connectivity index (χ3n) is 8.40. The number of esters is 2. The number of nitrogens with zero attached hydrogens (tertiary/aromatic N) is 4. The number of rotatable bonds is 13. The molecular weight excluding hydrogens is 792 g/mol. The molecule has 4 aromatic heterocycles. The Morgan fingerprint density at radius 1 is 0.600 bits per heavy atom. The minimum Gasteiger partial charge on any atom is -0.473 e. The zero-order valence-corrected chi connectivity index (χ0v) is 31.4. The van der Waals surface area contributed by atoms with E-state index in [0.29, 0.717) is 28.9 Å². The van der Waals surface area contributed by atoms with Crippen LogP contribution in [0.1, 0.15) is 53.7 Å². The van der Waals surface area contributed by atoms with E-state index in [9.17, 15) is 31.9 Å². The van der Waals surface area contributed by atoms with Crippen molar-refractivity contribution in [1.29, 1.82) is 0 Å². The van der Waals surface area contributed by atoms with Crippen molar-refractivity contribution in [2.24, 2.45) is 0 Å². The number of benzene rings is 3. The molecule has 7 rings (SSSR count). The highest BCUT2D eigenvalue weighted by molar-refractivity contribution is 5.89. The molecule has 0 aliphatic rings. The Hall–Kier alpha value is -7.95. The molecule has 0 N–H and O–H groups in total. The van der Waals surface area contributed by atoms with E-state index in [1.165, 1.54) is 63.0 Å². The summed E-state index contributed by atoms with van der Waals surface area (Å²) in [6.45, 7) is -0.187. The number of hydrogen-bond donors (Lipinski definition) is 0. The van der Waals surface area contributed by atoms with Crippen LogP contribution >= 0.6 is 0 Å². The van der Waals surface area contributed by atoms with Crippen molar-refractivity contribution in [1.82, 2.24) is 20.3 Å². The third-order valence-corrected chi connectivity index (χ3v) is 8.40. The van der Waals surface area contributed by atoms with Crippen LogP contribution in [0.25, 0.3) is 34.7 Å². The highest BCUT2D eigenvalue weighted by Gasteiger charge is 2.21. The maximum atomic E-state index is 13.8. The average molecular weight is 823 g/mol.